The second-order valence-electron chi connectivity index (χ2n) is 5.67. The molecular weight excluding hydrogens is 328 g/mol. The molecule has 0 saturated heterocycles. The Kier molecular flexibility index (Phi) is 5.49. The predicted molar refractivity (Wildman–Crippen MR) is 100 cm³/mol. The molecule has 1 aromatic heterocycles. The van der Waals surface area contributed by atoms with Gasteiger partial charge in [0.15, 0.2) is 11.5 Å². The maximum atomic E-state index is 12.3. The molecule has 3 aromatic rings. The Morgan fingerprint density at radius 2 is 1.69 bits per heavy atom. The van der Waals surface area contributed by atoms with Crippen LogP contribution in [0.4, 0.5) is 0 Å². The number of carbonyl (C=O) groups is 1. The summed E-state index contributed by atoms with van der Waals surface area (Å²) in [4.78, 5) is 16.6. The van der Waals surface area contributed by atoms with Crippen molar-refractivity contribution < 1.29 is 14.3 Å². The molecule has 0 atom stereocenters. The van der Waals surface area contributed by atoms with Gasteiger partial charge in [0.05, 0.1) is 14.2 Å². The lowest BCUT2D eigenvalue weighted by molar-refractivity contribution is 0.0946. The number of pyridine rings is 1. The topological polar surface area (TPSA) is 60.5 Å². The van der Waals surface area contributed by atoms with Gasteiger partial charge in [0, 0.05) is 18.3 Å². The van der Waals surface area contributed by atoms with Gasteiger partial charge in [0.25, 0.3) is 5.91 Å². The highest BCUT2D eigenvalue weighted by atomic mass is 16.5. The van der Waals surface area contributed by atoms with Crippen molar-refractivity contribution in [2.24, 2.45) is 0 Å². The van der Waals surface area contributed by atoms with Crippen LogP contribution in [0, 0.1) is 0 Å². The molecule has 0 aliphatic carbocycles. The van der Waals surface area contributed by atoms with Gasteiger partial charge in [-0.3, -0.25) is 9.78 Å². The molecule has 1 amide bonds. The highest BCUT2D eigenvalue weighted by molar-refractivity contribution is 5.92. The molecule has 1 N–H and O–H groups in total. The second kappa shape index (κ2) is 8.16. The summed E-state index contributed by atoms with van der Waals surface area (Å²) < 4.78 is 10.5. The fourth-order valence-electron chi connectivity index (χ4n) is 2.59. The molecule has 132 valence electrons. The van der Waals surface area contributed by atoms with Crippen molar-refractivity contribution in [3.8, 4) is 22.6 Å². The van der Waals surface area contributed by atoms with Crippen molar-refractivity contribution >= 4 is 5.91 Å². The number of ether oxygens (including phenoxy) is 2. The van der Waals surface area contributed by atoms with E-state index in [0.717, 1.165) is 16.7 Å². The highest BCUT2D eigenvalue weighted by Crippen LogP contribution is 2.27. The van der Waals surface area contributed by atoms with Gasteiger partial charge < -0.3 is 14.8 Å². The van der Waals surface area contributed by atoms with E-state index in [4.69, 9.17) is 9.47 Å². The molecular formula is C21H20N2O3. The Bertz CT molecular complexity index is 878. The molecule has 26 heavy (non-hydrogen) atoms. The van der Waals surface area contributed by atoms with E-state index >= 15 is 0 Å². The normalized spacial score (nSPS) is 10.2. The van der Waals surface area contributed by atoms with E-state index in [2.05, 4.69) is 10.3 Å². The molecule has 2 aromatic carbocycles. The first-order chi connectivity index (χ1) is 12.7. The average molecular weight is 348 g/mol. The molecule has 1 heterocycles. The van der Waals surface area contributed by atoms with Crippen LogP contribution in [0.1, 0.15) is 16.1 Å². The van der Waals surface area contributed by atoms with Crippen LogP contribution >= 0.6 is 0 Å². The first-order valence-corrected chi connectivity index (χ1v) is 8.22. The Morgan fingerprint density at radius 3 is 2.35 bits per heavy atom. The lowest BCUT2D eigenvalue weighted by Crippen LogP contribution is -2.23. The summed E-state index contributed by atoms with van der Waals surface area (Å²) in [6, 6.07) is 19.1. The molecule has 5 nitrogen and oxygen atoms in total. The van der Waals surface area contributed by atoms with Crippen molar-refractivity contribution in [1.29, 1.82) is 0 Å². The third-order valence-corrected chi connectivity index (χ3v) is 4.00. The first-order valence-electron chi connectivity index (χ1n) is 8.22. The number of carbonyl (C=O) groups excluding carboxylic acids is 1. The molecule has 5 heteroatoms. The van der Waals surface area contributed by atoms with E-state index in [1.807, 2.05) is 54.6 Å². The van der Waals surface area contributed by atoms with E-state index in [9.17, 15) is 4.79 Å². The summed E-state index contributed by atoms with van der Waals surface area (Å²) in [6.07, 6.45) is 1.71. The van der Waals surface area contributed by atoms with Crippen LogP contribution in [0.25, 0.3) is 11.1 Å². The second-order valence-corrected chi connectivity index (χ2v) is 5.67. The Hall–Kier alpha value is -3.34. The van der Waals surface area contributed by atoms with Gasteiger partial charge in [0.1, 0.15) is 5.69 Å². The van der Waals surface area contributed by atoms with Crippen LogP contribution in [0.3, 0.4) is 0 Å². The minimum Gasteiger partial charge on any atom is -0.493 e. The van der Waals surface area contributed by atoms with Crippen LogP contribution in [0.15, 0.2) is 66.9 Å². The van der Waals surface area contributed by atoms with E-state index in [1.54, 1.807) is 26.5 Å². The SMILES string of the molecule is COc1ccc(CNC(=O)c2ccc(-c3ccccc3)cn2)cc1OC. The van der Waals surface area contributed by atoms with Crippen LogP contribution < -0.4 is 14.8 Å². The zero-order chi connectivity index (χ0) is 18.4. The molecule has 0 spiro atoms. The molecule has 0 aliphatic rings. The number of rotatable bonds is 6. The number of nitrogens with one attached hydrogen (secondary N) is 1. The van der Waals surface area contributed by atoms with E-state index in [-0.39, 0.29) is 5.91 Å². The summed E-state index contributed by atoms with van der Waals surface area (Å²) in [6.45, 7) is 0.376. The van der Waals surface area contributed by atoms with Crippen molar-refractivity contribution in [1.82, 2.24) is 10.3 Å². The molecule has 3 rings (SSSR count). The third-order valence-electron chi connectivity index (χ3n) is 4.00. The van der Waals surface area contributed by atoms with Gasteiger partial charge in [-0.15, -0.1) is 0 Å². The summed E-state index contributed by atoms with van der Waals surface area (Å²) >= 11 is 0. The molecule has 0 saturated carbocycles. The Labute approximate surface area is 152 Å². The summed E-state index contributed by atoms with van der Waals surface area (Å²) in [5.74, 6) is 1.06. The fraction of sp³-hybridized carbons (Fsp3) is 0.143. The number of methoxy groups -OCH3 is 2. The van der Waals surface area contributed by atoms with Crippen molar-refractivity contribution in [3.63, 3.8) is 0 Å². The van der Waals surface area contributed by atoms with Gasteiger partial charge in [-0.25, -0.2) is 0 Å². The summed E-state index contributed by atoms with van der Waals surface area (Å²) in [5, 5.41) is 2.87. The fourth-order valence-corrected chi connectivity index (χ4v) is 2.59. The maximum absolute atomic E-state index is 12.3. The van der Waals surface area contributed by atoms with Gasteiger partial charge >= 0.3 is 0 Å². The van der Waals surface area contributed by atoms with Gasteiger partial charge in [-0.1, -0.05) is 42.5 Å². The van der Waals surface area contributed by atoms with Crippen molar-refractivity contribution in [2.45, 2.75) is 6.54 Å². The molecule has 0 radical (unpaired) electrons. The standard InChI is InChI=1S/C21H20N2O3/c1-25-19-11-8-15(12-20(19)26-2)13-23-21(24)18-10-9-17(14-22-18)16-6-4-3-5-7-16/h3-12,14H,13H2,1-2H3,(H,23,24). The molecule has 0 bridgehead atoms. The number of amides is 1. The number of hydrogen-bond acceptors (Lipinski definition) is 4. The van der Waals surface area contributed by atoms with E-state index in [1.165, 1.54) is 0 Å². The number of aromatic nitrogens is 1. The van der Waals surface area contributed by atoms with Crippen LogP contribution in [-0.4, -0.2) is 25.1 Å². The highest BCUT2D eigenvalue weighted by Gasteiger charge is 2.09. The predicted octanol–water partition coefficient (Wildman–Crippen LogP) is 3.70. The summed E-state index contributed by atoms with van der Waals surface area (Å²) in [5.41, 5.74) is 3.33. The quantitative estimate of drug-likeness (QED) is 0.738. The number of hydrogen-bond donors (Lipinski definition) is 1. The Balaban J connectivity index is 1.65. The molecule has 0 aliphatic heterocycles. The lowest BCUT2D eigenvalue weighted by atomic mass is 10.1. The smallest absolute Gasteiger partial charge is 0.270 e. The van der Waals surface area contributed by atoms with Gasteiger partial charge in [0.2, 0.25) is 0 Å². The number of benzene rings is 2. The van der Waals surface area contributed by atoms with E-state index < -0.39 is 0 Å². The van der Waals surface area contributed by atoms with E-state index in [0.29, 0.717) is 23.7 Å². The lowest BCUT2D eigenvalue weighted by Gasteiger charge is -2.10. The maximum Gasteiger partial charge on any atom is 0.270 e. The monoisotopic (exact) mass is 348 g/mol. The van der Waals surface area contributed by atoms with Crippen molar-refractivity contribution in [3.05, 3.63) is 78.1 Å². The van der Waals surface area contributed by atoms with Crippen LogP contribution in [-0.2, 0) is 6.54 Å². The van der Waals surface area contributed by atoms with Crippen molar-refractivity contribution in [2.75, 3.05) is 14.2 Å². The Morgan fingerprint density at radius 1 is 0.923 bits per heavy atom. The first kappa shape index (κ1) is 17.5. The van der Waals surface area contributed by atoms with Gasteiger partial charge in [-0.05, 0) is 29.3 Å². The minimum atomic E-state index is -0.223. The zero-order valence-electron chi connectivity index (χ0n) is 14.7. The average Bonchev–Trinajstić information content (AvgIpc) is 2.72. The summed E-state index contributed by atoms with van der Waals surface area (Å²) in [7, 11) is 3.17. The minimum absolute atomic E-state index is 0.223. The van der Waals surface area contributed by atoms with Crippen LogP contribution in [0.2, 0.25) is 0 Å². The zero-order valence-corrected chi connectivity index (χ0v) is 14.7. The van der Waals surface area contributed by atoms with Gasteiger partial charge in [-0.2, -0.15) is 0 Å². The largest absolute Gasteiger partial charge is 0.493 e. The number of nitrogens with zero attached hydrogens (tertiary/aromatic N) is 1. The van der Waals surface area contributed by atoms with Crippen LogP contribution in [0.5, 0.6) is 11.5 Å². The third kappa shape index (κ3) is 4.00. The molecule has 0 fully saturated rings. The molecule has 0 unspecified atom stereocenters.